The monoisotopic (exact) mass is 297 g/mol. The van der Waals surface area contributed by atoms with Gasteiger partial charge >= 0.3 is 5.97 Å². The van der Waals surface area contributed by atoms with Crippen molar-refractivity contribution in [1.29, 1.82) is 0 Å². The maximum absolute atomic E-state index is 11.7. The fraction of sp³-hybridized carbons (Fsp3) is 0.429. The second kappa shape index (κ2) is 6.13. The molecule has 0 saturated heterocycles. The number of nitrogens with one attached hydrogen (secondary N) is 1. The number of halogens is 1. The lowest BCUT2D eigenvalue weighted by atomic mass is 9.76. The summed E-state index contributed by atoms with van der Waals surface area (Å²) < 4.78 is 5.39. The molecule has 1 amide bonds. The summed E-state index contributed by atoms with van der Waals surface area (Å²) in [6.45, 7) is 0.158. The molecule has 1 fully saturated rings. The second-order valence-corrected chi connectivity index (χ2v) is 5.23. The lowest BCUT2D eigenvalue weighted by Gasteiger charge is -2.38. The van der Waals surface area contributed by atoms with E-state index in [9.17, 15) is 9.59 Å². The van der Waals surface area contributed by atoms with Crippen LogP contribution in [0.2, 0.25) is 5.02 Å². The Morgan fingerprint density at radius 3 is 2.60 bits per heavy atom. The van der Waals surface area contributed by atoms with E-state index in [4.69, 9.17) is 21.4 Å². The van der Waals surface area contributed by atoms with Crippen LogP contribution < -0.4 is 10.1 Å². The van der Waals surface area contributed by atoms with Crippen LogP contribution in [0.25, 0.3) is 0 Å². The topological polar surface area (TPSA) is 75.6 Å². The molecule has 1 aromatic carbocycles. The molecule has 2 rings (SSSR count). The molecule has 0 atom stereocenters. The molecule has 2 N–H and O–H groups in total. The van der Waals surface area contributed by atoms with Gasteiger partial charge in [0.25, 0.3) is 0 Å². The maximum atomic E-state index is 11.7. The third-order valence-corrected chi connectivity index (χ3v) is 3.73. The number of carboxylic acid groups (broad SMARTS) is 1. The molecule has 5 nitrogen and oxygen atoms in total. The van der Waals surface area contributed by atoms with Gasteiger partial charge in [0.15, 0.2) is 0 Å². The minimum absolute atomic E-state index is 0.0975. The minimum atomic E-state index is -1.07. The zero-order chi connectivity index (χ0) is 14.6. The first-order valence-corrected chi connectivity index (χ1v) is 6.83. The van der Waals surface area contributed by atoms with Crippen molar-refractivity contribution in [3.8, 4) is 5.75 Å². The molecule has 0 aliphatic heterocycles. The molecule has 0 bridgehead atoms. The average Bonchev–Trinajstić information content (AvgIpc) is 2.36. The van der Waals surface area contributed by atoms with Crippen LogP contribution in [-0.4, -0.2) is 29.1 Å². The number of carbonyl (C=O) groups is 2. The van der Waals surface area contributed by atoms with Gasteiger partial charge in [0.05, 0.1) is 18.1 Å². The first-order chi connectivity index (χ1) is 9.53. The molecule has 0 heterocycles. The van der Waals surface area contributed by atoms with Crippen LogP contribution >= 0.6 is 11.6 Å². The summed E-state index contributed by atoms with van der Waals surface area (Å²) in [5.74, 6) is -0.776. The van der Waals surface area contributed by atoms with Gasteiger partial charge in [-0.1, -0.05) is 23.7 Å². The van der Waals surface area contributed by atoms with E-state index in [1.165, 1.54) is 0 Å². The summed E-state index contributed by atoms with van der Waals surface area (Å²) in [7, 11) is 0. The van der Waals surface area contributed by atoms with Gasteiger partial charge in [0, 0.05) is 0 Å². The maximum Gasteiger partial charge on any atom is 0.329 e. The van der Waals surface area contributed by atoms with Crippen molar-refractivity contribution in [3.63, 3.8) is 0 Å². The molecular formula is C14H16ClNO4. The van der Waals surface area contributed by atoms with Crippen molar-refractivity contribution in [2.75, 3.05) is 6.61 Å². The largest absolute Gasteiger partial charge is 0.491 e. The van der Waals surface area contributed by atoms with E-state index in [1.54, 1.807) is 24.3 Å². The van der Waals surface area contributed by atoms with E-state index in [0.717, 1.165) is 6.42 Å². The highest BCUT2D eigenvalue weighted by Gasteiger charge is 2.45. The quantitative estimate of drug-likeness (QED) is 0.844. The Kier molecular flexibility index (Phi) is 4.49. The van der Waals surface area contributed by atoms with Crippen LogP contribution in [0.3, 0.4) is 0 Å². The lowest BCUT2D eigenvalue weighted by molar-refractivity contribution is -0.151. The second-order valence-electron chi connectivity index (χ2n) is 4.82. The predicted molar refractivity (Wildman–Crippen MR) is 73.9 cm³/mol. The van der Waals surface area contributed by atoms with Crippen molar-refractivity contribution < 1.29 is 19.4 Å². The Morgan fingerprint density at radius 2 is 2.05 bits per heavy atom. The number of aliphatic carboxylic acids is 1. The smallest absolute Gasteiger partial charge is 0.329 e. The number of hydrogen-bond acceptors (Lipinski definition) is 3. The number of ether oxygens (including phenoxy) is 1. The Morgan fingerprint density at radius 1 is 1.35 bits per heavy atom. The van der Waals surface area contributed by atoms with E-state index in [1.807, 2.05) is 0 Å². The van der Waals surface area contributed by atoms with Crippen molar-refractivity contribution in [3.05, 3.63) is 29.3 Å². The first kappa shape index (κ1) is 14.7. The molecule has 1 aliphatic rings. The predicted octanol–water partition coefficient (Wildman–Crippen LogP) is 2.23. The van der Waals surface area contributed by atoms with Gasteiger partial charge in [-0.05, 0) is 31.4 Å². The lowest BCUT2D eigenvalue weighted by Crippen LogP contribution is -2.59. The number of hydrogen-bond donors (Lipinski definition) is 2. The summed E-state index contributed by atoms with van der Waals surface area (Å²) in [5, 5.41) is 12.2. The number of amides is 1. The molecule has 1 aliphatic carbocycles. The summed E-state index contributed by atoms with van der Waals surface area (Å²) in [4.78, 5) is 22.9. The zero-order valence-corrected chi connectivity index (χ0v) is 11.7. The number of carbonyl (C=O) groups excluding carboxylic acids is 1. The molecule has 1 saturated carbocycles. The number of carboxylic acids is 1. The van der Waals surface area contributed by atoms with Crippen molar-refractivity contribution in [1.82, 2.24) is 5.32 Å². The van der Waals surface area contributed by atoms with Gasteiger partial charge in [-0.15, -0.1) is 0 Å². The van der Waals surface area contributed by atoms with Gasteiger partial charge in [-0.3, -0.25) is 4.79 Å². The van der Waals surface area contributed by atoms with Crippen molar-refractivity contribution >= 4 is 23.5 Å². The van der Waals surface area contributed by atoms with Crippen LogP contribution in [0.4, 0.5) is 0 Å². The first-order valence-electron chi connectivity index (χ1n) is 6.45. The highest BCUT2D eigenvalue weighted by Crippen LogP contribution is 2.32. The van der Waals surface area contributed by atoms with Gasteiger partial charge in [0.2, 0.25) is 5.91 Å². The molecule has 0 radical (unpaired) electrons. The molecule has 0 spiro atoms. The summed E-state index contributed by atoms with van der Waals surface area (Å²) in [5.41, 5.74) is -1.07. The molecule has 0 aromatic heterocycles. The Balaban J connectivity index is 1.78. The number of benzene rings is 1. The van der Waals surface area contributed by atoms with E-state index in [2.05, 4.69) is 5.32 Å². The fourth-order valence-corrected chi connectivity index (χ4v) is 2.26. The average molecular weight is 298 g/mol. The van der Waals surface area contributed by atoms with Gasteiger partial charge in [-0.25, -0.2) is 4.79 Å². The Labute approximate surface area is 121 Å². The van der Waals surface area contributed by atoms with Gasteiger partial charge < -0.3 is 15.2 Å². The van der Waals surface area contributed by atoms with Crippen LogP contribution in [-0.2, 0) is 9.59 Å². The Bertz CT molecular complexity index is 514. The normalized spacial score (nSPS) is 16.1. The zero-order valence-electron chi connectivity index (χ0n) is 10.9. The molecule has 6 heteroatoms. The van der Waals surface area contributed by atoms with Crippen molar-refractivity contribution in [2.45, 2.75) is 31.2 Å². The molecule has 108 valence electrons. The van der Waals surface area contributed by atoms with Crippen molar-refractivity contribution in [2.24, 2.45) is 0 Å². The summed E-state index contributed by atoms with van der Waals surface area (Å²) in [6.07, 6.45) is 1.89. The molecule has 0 unspecified atom stereocenters. The SMILES string of the molecule is O=C(CCOc1ccccc1Cl)NC1(C(=O)O)CCC1. The minimum Gasteiger partial charge on any atom is -0.491 e. The third-order valence-electron chi connectivity index (χ3n) is 3.42. The molecular weight excluding hydrogens is 282 g/mol. The van der Waals surface area contributed by atoms with E-state index < -0.39 is 11.5 Å². The summed E-state index contributed by atoms with van der Waals surface area (Å²) in [6, 6.07) is 6.99. The van der Waals surface area contributed by atoms with Crippen LogP contribution in [0.5, 0.6) is 5.75 Å². The highest BCUT2D eigenvalue weighted by molar-refractivity contribution is 6.32. The fourth-order valence-electron chi connectivity index (χ4n) is 2.07. The van der Waals surface area contributed by atoms with Gasteiger partial charge in [0.1, 0.15) is 11.3 Å². The van der Waals surface area contributed by atoms with Crippen LogP contribution in [0.1, 0.15) is 25.7 Å². The third kappa shape index (κ3) is 3.22. The van der Waals surface area contributed by atoms with E-state index in [0.29, 0.717) is 23.6 Å². The van der Waals surface area contributed by atoms with Crippen LogP contribution in [0, 0.1) is 0 Å². The van der Waals surface area contributed by atoms with E-state index >= 15 is 0 Å². The Hall–Kier alpha value is -1.75. The molecule has 20 heavy (non-hydrogen) atoms. The highest BCUT2D eigenvalue weighted by atomic mass is 35.5. The van der Waals surface area contributed by atoms with Crippen LogP contribution in [0.15, 0.2) is 24.3 Å². The van der Waals surface area contributed by atoms with Gasteiger partial charge in [-0.2, -0.15) is 0 Å². The van der Waals surface area contributed by atoms with E-state index in [-0.39, 0.29) is 18.9 Å². The standard InChI is InChI=1S/C14H16ClNO4/c15-10-4-1-2-5-11(10)20-9-6-12(17)16-14(13(18)19)7-3-8-14/h1-2,4-5H,3,6-9H2,(H,16,17)(H,18,19). The molecule has 1 aromatic rings. The number of para-hydroxylation sites is 1. The summed E-state index contributed by atoms with van der Waals surface area (Å²) >= 11 is 5.92. The number of rotatable bonds is 6.